The van der Waals surface area contributed by atoms with Crippen LogP contribution in [0.4, 0.5) is 16.2 Å². The summed E-state index contributed by atoms with van der Waals surface area (Å²) in [4.78, 5) is 10.8. The van der Waals surface area contributed by atoms with Crippen LogP contribution in [0.3, 0.4) is 0 Å². The third-order valence-electron chi connectivity index (χ3n) is 3.99. The highest BCUT2D eigenvalue weighted by molar-refractivity contribution is 7.93. The predicted molar refractivity (Wildman–Crippen MR) is 93.9 cm³/mol. The number of hydrogen-bond donors (Lipinski definition) is 2. The highest BCUT2D eigenvalue weighted by atomic mass is 35.5. The summed E-state index contributed by atoms with van der Waals surface area (Å²) in [7, 11) is -3.90. The maximum Gasteiger partial charge on any atom is 0.409 e. The molecule has 3 rings (SSSR count). The van der Waals surface area contributed by atoms with E-state index in [2.05, 4.69) is 10.4 Å². The summed E-state index contributed by atoms with van der Waals surface area (Å²) in [5, 5.41) is 15.0. The Balaban J connectivity index is 2.06. The lowest BCUT2D eigenvalue weighted by molar-refractivity contribution is 0.209. The molecule has 8 nitrogen and oxygen atoms in total. The Labute approximate surface area is 150 Å². The standard InChI is InChI=1S/C15H17ClN4O4S/c1-2-19-9-13(14(16)18-19)25(23,24)20-7-3-4-10-5-6-11(8-12(10)20)17-15(21)22/h5-6,8-9,17H,2-4,7H2,1H3,(H,21,22). The number of aryl methyl sites for hydroxylation is 2. The molecule has 1 aromatic carbocycles. The van der Waals surface area contributed by atoms with Crippen molar-refractivity contribution in [3.63, 3.8) is 0 Å². The van der Waals surface area contributed by atoms with Crippen LogP contribution in [-0.2, 0) is 23.0 Å². The first kappa shape index (κ1) is 17.6. The number of carbonyl (C=O) groups is 1. The van der Waals surface area contributed by atoms with Gasteiger partial charge in [-0.25, -0.2) is 13.2 Å². The second-order valence-electron chi connectivity index (χ2n) is 5.59. The first-order valence-corrected chi connectivity index (χ1v) is 9.53. The van der Waals surface area contributed by atoms with Crippen molar-refractivity contribution < 1.29 is 18.3 Å². The summed E-state index contributed by atoms with van der Waals surface area (Å²) < 4.78 is 28.9. The molecule has 1 aliphatic rings. The number of carboxylic acid groups (broad SMARTS) is 1. The Kier molecular flexibility index (Phi) is 4.61. The number of amides is 1. The fourth-order valence-electron chi connectivity index (χ4n) is 2.83. The van der Waals surface area contributed by atoms with Crippen molar-refractivity contribution in [2.24, 2.45) is 0 Å². The lowest BCUT2D eigenvalue weighted by Crippen LogP contribution is -2.35. The average Bonchev–Trinajstić information content (AvgIpc) is 2.95. The number of nitrogens with zero attached hydrogens (tertiary/aromatic N) is 3. The van der Waals surface area contributed by atoms with Crippen molar-refractivity contribution in [3.05, 3.63) is 35.1 Å². The fraction of sp³-hybridized carbons (Fsp3) is 0.333. The SMILES string of the molecule is CCn1cc(S(=O)(=O)N2CCCc3ccc(NC(=O)O)cc32)c(Cl)n1. The molecule has 2 N–H and O–H groups in total. The van der Waals surface area contributed by atoms with E-state index in [1.165, 1.54) is 21.3 Å². The van der Waals surface area contributed by atoms with E-state index in [1.807, 2.05) is 6.92 Å². The molecule has 0 fully saturated rings. The smallest absolute Gasteiger partial charge is 0.409 e. The van der Waals surface area contributed by atoms with E-state index in [-0.39, 0.29) is 10.0 Å². The van der Waals surface area contributed by atoms with Gasteiger partial charge in [0.05, 0.1) is 5.69 Å². The maximum absolute atomic E-state index is 13.1. The van der Waals surface area contributed by atoms with Crippen LogP contribution in [0, 0.1) is 0 Å². The molecule has 2 heterocycles. The first-order chi connectivity index (χ1) is 11.8. The van der Waals surface area contributed by atoms with Gasteiger partial charge >= 0.3 is 6.09 Å². The van der Waals surface area contributed by atoms with E-state index in [4.69, 9.17) is 16.7 Å². The van der Waals surface area contributed by atoms with Gasteiger partial charge in [0.25, 0.3) is 10.0 Å². The highest BCUT2D eigenvalue weighted by Crippen LogP contribution is 2.35. The minimum atomic E-state index is -3.90. The van der Waals surface area contributed by atoms with Crippen LogP contribution in [0.5, 0.6) is 0 Å². The van der Waals surface area contributed by atoms with Gasteiger partial charge in [-0.3, -0.25) is 14.3 Å². The second kappa shape index (κ2) is 6.57. The van der Waals surface area contributed by atoms with Crippen molar-refractivity contribution in [2.75, 3.05) is 16.2 Å². The van der Waals surface area contributed by atoms with Gasteiger partial charge in [0.1, 0.15) is 4.90 Å². The molecule has 0 bridgehead atoms. The topological polar surface area (TPSA) is 105 Å². The molecule has 1 aromatic heterocycles. The van der Waals surface area contributed by atoms with Gasteiger partial charge in [-0.1, -0.05) is 17.7 Å². The van der Waals surface area contributed by atoms with Gasteiger partial charge in [-0.2, -0.15) is 5.10 Å². The van der Waals surface area contributed by atoms with Crippen molar-refractivity contribution in [1.29, 1.82) is 0 Å². The molecule has 0 saturated heterocycles. The van der Waals surface area contributed by atoms with Crippen LogP contribution in [-0.4, -0.2) is 35.9 Å². The molecule has 0 saturated carbocycles. The quantitative estimate of drug-likeness (QED) is 0.843. The molecule has 2 aromatic rings. The number of aromatic nitrogens is 2. The minimum absolute atomic E-state index is 0.0551. The summed E-state index contributed by atoms with van der Waals surface area (Å²) in [6.45, 7) is 2.62. The highest BCUT2D eigenvalue weighted by Gasteiger charge is 2.32. The van der Waals surface area contributed by atoms with E-state index in [0.717, 1.165) is 12.0 Å². The molecular weight excluding hydrogens is 368 g/mol. The molecular formula is C15H17ClN4O4S. The number of nitrogens with one attached hydrogen (secondary N) is 1. The van der Waals surface area contributed by atoms with E-state index in [9.17, 15) is 13.2 Å². The van der Waals surface area contributed by atoms with Crippen molar-refractivity contribution in [2.45, 2.75) is 31.2 Å². The van der Waals surface area contributed by atoms with Crippen LogP contribution in [0.15, 0.2) is 29.3 Å². The summed E-state index contributed by atoms with van der Waals surface area (Å²) in [6.07, 6.45) is 1.58. The summed E-state index contributed by atoms with van der Waals surface area (Å²) in [6, 6.07) is 4.88. The number of benzene rings is 1. The Hall–Kier alpha value is -2.26. The Morgan fingerprint density at radius 1 is 1.44 bits per heavy atom. The number of sulfonamides is 1. The fourth-order valence-corrected chi connectivity index (χ4v) is 4.81. The van der Waals surface area contributed by atoms with Gasteiger partial charge in [-0.15, -0.1) is 0 Å². The Morgan fingerprint density at radius 2 is 2.20 bits per heavy atom. The first-order valence-electron chi connectivity index (χ1n) is 7.71. The largest absolute Gasteiger partial charge is 0.465 e. The predicted octanol–water partition coefficient (Wildman–Crippen LogP) is 2.79. The van der Waals surface area contributed by atoms with E-state index < -0.39 is 16.1 Å². The molecule has 0 unspecified atom stereocenters. The molecule has 134 valence electrons. The minimum Gasteiger partial charge on any atom is -0.465 e. The van der Waals surface area contributed by atoms with Crippen LogP contribution >= 0.6 is 11.6 Å². The van der Waals surface area contributed by atoms with Gasteiger partial charge in [-0.05, 0) is 37.5 Å². The summed E-state index contributed by atoms with van der Waals surface area (Å²) in [5.41, 5.74) is 1.60. The molecule has 0 aliphatic carbocycles. The molecule has 10 heteroatoms. The Morgan fingerprint density at radius 3 is 2.84 bits per heavy atom. The monoisotopic (exact) mass is 384 g/mol. The second-order valence-corrected chi connectivity index (χ2v) is 7.78. The normalized spacial score (nSPS) is 14.2. The van der Waals surface area contributed by atoms with E-state index in [0.29, 0.717) is 30.9 Å². The van der Waals surface area contributed by atoms with Crippen molar-refractivity contribution in [1.82, 2.24) is 9.78 Å². The third-order valence-corrected chi connectivity index (χ3v) is 6.20. The lowest BCUT2D eigenvalue weighted by Gasteiger charge is -2.30. The summed E-state index contributed by atoms with van der Waals surface area (Å²) >= 11 is 6.03. The maximum atomic E-state index is 13.1. The van der Waals surface area contributed by atoms with Crippen LogP contribution in [0.1, 0.15) is 18.9 Å². The van der Waals surface area contributed by atoms with E-state index >= 15 is 0 Å². The lowest BCUT2D eigenvalue weighted by atomic mass is 10.0. The zero-order chi connectivity index (χ0) is 18.2. The van der Waals surface area contributed by atoms with E-state index in [1.54, 1.807) is 12.1 Å². The number of rotatable bonds is 4. The molecule has 1 amide bonds. The van der Waals surface area contributed by atoms with Gasteiger partial charge < -0.3 is 5.11 Å². The summed E-state index contributed by atoms with van der Waals surface area (Å²) in [5.74, 6) is 0. The van der Waals surface area contributed by atoms with Gasteiger partial charge in [0.2, 0.25) is 0 Å². The van der Waals surface area contributed by atoms with Crippen LogP contribution in [0.2, 0.25) is 5.15 Å². The zero-order valence-electron chi connectivity index (χ0n) is 13.4. The zero-order valence-corrected chi connectivity index (χ0v) is 15.0. The van der Waals surface area contributed by atoms with Crippen LogP contribution < -0.4 is 9.62 Å². The molecule has 0 spiro atoms. The number of anilines is 2. The average molecular weight is 385 g/mol. The van der Waals surface area contributed by atoms with Gasteiger partial charge in [0.15, 0.2) is 5.15 Å². The Bertz CT molecular complexity index is 926. The van der Waals surface area contributed by atoms with Gasteiger partial charge in [0, 0.05) is 25.0 Å². The van der Waals surface area contributed by atoms with Crippen molar-refractivity contribution >= 4 is 39.1 Å². The molecule has 1 aliphatic heterocycles. The van der Waals surface area contributed by atoms with Crippen LogP contribution in [0.25, 0.3) is 0 Å². The third kappa shape index (κ3) is 3.29. The molecule has 0 atom stereocenters. The van der Waals surface area contributed by atoms with Crippen molar-refractivity contribution in [3.8, 4) is 0 Å². The number of hydrogen-bond acceptors (Lipinski definition) is 4. The number of fused-ring (bicyclic) bond motifs is 1. The molecule has 0 radical (unpaired) electrons. The molecule has 25 heavy (non-hydrogen) atoms. The number of halogens is 1.